The molecule has 0 aliphatic heterocycles. The average molecular weight is 293 g/mol. The van der Waals surface area contributed by atoms with E-state index in [1.165, 1.54) is 12.1 Å². The Labute approximate surface area is 124 Å². The summed E-state index contributed by atoms with van der Waals surface area (Å²) in [7, 11) is 2.01. The molecule has 0 bridgehead atoms. The molecule has 20 heavy (non-hydrogen) atoms. The number of hydrogen-bond donors (Lipinski definition) is 1. The molecule has 2 aromatic rings. The highest BCUT2D eigenvalue weighted by molar-refractivity contribution is 6.30. The van der Waals surface area contributed by atoms with E-state index in [2.05, 4.69) is 11.8 Å². The van der Waals surface area contributed by atoms with E-state index in [0.717, 1.165) is 16.1 Å². The van der Waals surface area contributed by atoms with Crippen molar-refractivity contribution in [3.8, 4) is 0 Å². The van der Waals surface area contributed by atoms with E-state index < -0.39 is 0 Å². The van der Waals surface area contributed by atoms with Crippen LogP contribution in [0.3, 0.4) is 0 Å². The van der Waals surface area contributed by atoms with E-state index in [1.807, 2.05) is 31.3 Å². The normalized spacial score (nSPS) is 12.7. The molecule has 0 amide bonds. The molecule has 106 valence electrons. The van der Waals surface area contributed by atoms with Crippen LogP contribution in [-0.4, -0.2) is 11.9 Å². The van der Waals surface area contributed by atoms with Gasteiger partial charge >= 0.3 is 0 Å². The van der Waals surface area contributed by atoms with Crippen LogP contribution in [0.5, 0.6) is 0 Å². The molecule has 0 saturated carbocycles. The minimum Gasteiger partial charge on any atom is -0.398 e. The monoisotopic (exact) mass is 292 g/mol. The van der Waals surface area contributed by atoms with Crippen molar-refractivity contribution in [2.45, 2.75) is 19.5 Å². The summed E-state index contributed by atoms with van der Waals surface area (Å²) in [5, 5.41) is 0.726. The summed E-state index contributed by atoms with van der Waals surface area (Å²) < 4.78 is 13.0. The fraction of sp³-hybridized carbons (Fsp3) is 0.250. The van der Waals surface area contributed by atoms with Crippen molar-refractivity contribution in [2.75, 3.05) is 12.8 Å². The zero-order chi connectivity index (χ0) is 14.7. The van der Waals surface area contributed by atoms with Gasteiger partial charge in [-0.3, -0.25) is 4.90 Å². The van der Waals surface area contributed by atoms with Crippen molar-refractivity contribution in [2.24, 2.45) is 0 Å². The molecule has 0 fully saturated rings. The lowest BCUT2D eigenvalue weighted by atomic mass is 10.1. The predicted molar refractivity (Wildman–Crippen MR) is 82.1 cm³/mol. The number of benzene rings is 2. The van der Waals surface area contributed by atoms with E-state index >= 15 is 0 Å². The van der Waals surface area contributed by atoms with E-state index in [-0.39, 0.29) is 11.9 Å². The van der Waals surface area contributed by atoms with Crippen molar-refractivity contribution in [3.05, 3.63) is 64.4 Å². The van der Waals surface area contributed by atoms with E-state index in [4.69, 9.17) is 17.3 Å². The Bertz CT molecular complexity index is 601. The van der Waals surface area contributed by atoms with Crippen LogP contribution in [0.15, 0.2) is 42.5 Å². The molecule has 0 heterocycles. The fourth-order valence-electron chi connectivity index (χ4n) is 2.14. The Morgan fingerprint density at radius 3 is 2.65 bits per heavy atom. The molecular weight excluding hydrogens is 275 g/mol. The third-order valence-corrected chi connectivity index (χ3v) is 3.75. The minimum absolute atomic E-state index is 0.193. The summed E-state index contributed by atoms with van der Waals surface area (Å²) in [6.45, 7) is 2.76. The molecule has 0 spiro atoms. The Kier molecular flexibility index (Phi) is 4.63. The van der Waals surface area contributed by atoms with Crippen LogP contribution < -0.4 is 5.73 Å². The van der Waals surface area contributed by atoms with Crippen LogP contribution >= 0.6 is 11.6 Å². The van der Waals surface area contributed by atoms with Crippen molar-refractivity contribution in [1.82, 2.24) is 4.90 Å². The van der Waals surface area contributed by atoms with Gasteiger partial charge in [0, 0.05) is 23.3 Å². The van der Waals surface area contributed by atoms with E-state index in [1.54, 1.807) is 6.07 Å². The summed E-state index contributed by atoms with van der Waals surface area (Å²) in [4.78, 5) is 2.15. The Hall–Kier alpha value is -1.58. The first-order valence-electron chi connectivity index (χ1n) is 6.47. The van der Waals surface area contributed by atoms with Crippen LogP contribution in [0.2, 0.25) is 5.02 Å². The number of halogens is 2. The maximum absolute atomic E-state index is 13.0. The van der Waals surface area contributed by atoms with Gasteiger partial charge in [0.05, 0.1) is 0 Å². The van der Waals surface area contributed by atoms with Gasteiger partial charge in [-0.2, -0.15) is 0 Å². The molecule has 1 unspecified atom stereocenters. The third kappa shape index (κ3) is 3.50. The van der Waals surface area contributed by atoms with E-state index in [0.29, 0.717) is 12.2 Å². The van der Waals surface area contributed by atoms with Crippen molar-refractivity contribution in [3.63, 3.8) is 0 Å². The van der Waals surface area contributed by atoms with Crippen molar-refractivity contribution >= 4 is 17.3 Å². The number of hydrogen-bond acceptors (Lipinski definition) is 2. The van der Waals surface area contributed by atoms with Crippen molar-refractivity contribution < 1.29 is 4.39 Å². The number of nitrogen functional groups attached to an aromatic ring is 1. The van der Waals surface area contributed by atoms with Gasteiger partial charge in [0.15, 0.2) is 0 Å². The fourth-order valence-corrected chi connectivity index (χ4v) is 2.34. The molecule has 2 aromatic carbocycles. The zero-order valence-corrected chi connectivity index (χ0v) is 12.4. The summed E-state index contributed by atoms with van der Waals surface area (Å²) in [5.74, 6) is -0.309. The first-order chi connectivity index (χ1) is 9.47. The van der Waals surface area contributed by atoms with E-state index in [9.17, 15) is 4.39 Å². The van der Waals surface area contributed by atoms with Crippen LogP contribution in [0.1, 0.15) is 24.1 Å². The summed E-state index contributed by atoms with van der Waals surface area (Å²) in [6.07, 6.45) is 0. The lowest BCUT2D eigenvalue weighted by Gasteiger charge is -2.25. The summed E-state index contributed by atoms with van der Waals surface area (Å²) in [5.41, 5.74) is 8.39. The third-order valence-electron chi connectivity index (χ3n) is 3.52. The highest BCUT2D eigenvalue weighted by Gasteiger charge is 2.13. The molecule has 0 aromatic heterocycles. The maximum atomic E-state index is 13.0. The second-order valence-electron chi connectivity index (χ2n) is 4.99. The molecule has 0 aliphatic carbocycles. The number of nitrogens with zero attached hydrogens (tertiary/aromatic N) is 1. The van der Waals surface area contributed by atoms with Gasteiger partial charge in [0.25, 0.3) is 0 Å². The molecule has 0 saturated heterocycles. The molecule has 0 radical (unpaired) electrons. The predicted octanol–water partition coefficient (Wildman–Crippen LogP) is 4.25. The molecular formula is C16H18ClFN2. The van der Waals surface area contributed by atoms with Gasteiger partial charge in [0.2, 0.25) is 0 Å². The molecule has 2 nitrogen and oxygen atoms in total. The smallest absolute Gasteiger partial charge is 0.125 e. The quantitative estimate of drug-likeness (QED) is 0.854. The molecule has 2 rings (SSSR count). The first kappa shape index (κ1) is 14.8. The lowest BCUT2D eigenvalue weighted by molar-refractivity contribution is 0.253. The van der Waals surface area contributed by atoms with Gasteiger partial charge in [-0.25, -0.2) is 4.39 Å². The second-order valence-corrected chi connectivity index (χ2v) is 5.43. The minimum atomic E-state index is -0.309. The molecule has 1 atom stereocenters. The Morgan fingerprint density at radius 2 is 2.00 bits per heavy atom. The largest absolute Gasteiger partial charge is 0.398 e. The highest BCUT2D eigenvalue weighted by atomic mass is 35.5. The molecule has 2 N–H and O–H groups in total. The van der Waals surface area contributed by atoms with Gasteiger partial charge in [-0.15, -0.1) is 0 Å². The van der Waals surface area contributed by atoms with Gasteiger partial charge < -0.3 is 5.73 Å². The number of anilines is 1. The second kappa shape index (κ2) is 6.25. The maximum Gasteiger partial charge on any atom is 0.125 e. The van der Waals surface area contributed by atoms with Crippen LogP contribution in [0.25, 0.3) is 0 Å². The number of nitrogens with two attached hydrogens (primary N) is 1. The van der Waals surface area contributed by atoms with Crippen molar-refractivity contribution in [1.29, 1.82) is 0 Å². The Morgan fingerprint density at radius 1 is 1.25 bits per heavy atom. The van der Waals surface area contributed by atoms with Gasteiger partial charge in [-0.05, 0) is 49.4 Å². The lowest BCUT2D eigenvalue weighted by Crippen LogP contribution is -2.22. The standard InChI is InChI=1S/C16H18ClFN2/c1-11(12-4-3-5-14(17)8-12)20(2)10-13-6-7-15(18)9-16(13)19/h3-9,11H,10,19H2,1-2H3. The first-order valence-corrected chi connectivity index (χ1v) is 6.85. The molecule has 0 aliphatic rings. The SMILES string of the molecule is CC(c1cccc(Cl)c1)N(C)Cc1ccc(F)cc1N. The summed E-state index contributed by atoms with van der Waals surface area (Å²) in [6, 6.07) is 12.5. The molecule has 4 heteroatoms. The number of rotatable bonds is 4. The van der Waals surface area contributed by atoms with Gasteiger partial charge in [-0.1, -0.05) is 29.8 Å². The summed E-state index contributed by atoms with van der Waals surface area (Å²) >= 11 is 6.02. The Balaban J connectivity index is 2.13. The average Bonchev–Trinajstić information content (AvgIpc) is 2.41. The van der Waals surface area contributed by atoms with Crippen LogP contribution in [0.4, 0.5) is 10.1 Å². The van der Waals surface area contributed by atoms with Gasteiger partial charge in [0.1, 0.15) is 5.82 Å². The topological polar surface area (TPSA) is 29.3 Å². The van der Waals surface area contributed by atoms with Crippen LogP contribution in [0, 0.1) is 5.82 Å². The van der Waals surface area contributed by atoms with Crippen LogP contribution in [-0.2, 0) is 6.54 Å². The highest BCUT2D eigenvalue weighted by Crippen LogP contribution is 2.24. The zero-order valence-electron chi connectivity index (χ0n) is 11.6.